The molecule has 0 saturated carbocycles. The fraction of sp³-hybridized carbons (Fsp3) is 0.368. The lowest BCUT2D eigenvalue weighted by Crippen LogP contribution is -2.19. The van der Waals surface area contributed by atoms with Crippen molar-refractivity contribution in [2.24, 2.45) is 0 Å². The molecule has 2 aromatic rings. The maximum Gasteiger partial charge on any atom is 0.573 e. The van der Waals surface area contributed by atoms with Crippen LogP contribution in [-0.4, -0.2) is 12.9 Å². The van der Waals surface area contributed by atoms with Crippen LogP contribution in [0.1, 0.15) is 36.6 Å². The molecule has 0 aromatic heterocycles. The molecule has 0 radical (unpaired) electrons. The Hall–Kier alpha value is -1.92. The summed E-state index contributed by atoms with van der Waals surface area (Å²) in [6.45, 7) is 7.25. The van der Waals surface area contributed by atoms with Crippen LogP contribution in [0.3, 0.4) is 0 Å². The first kappa shape index (κ1) is 20.4. The Morgan fingerprint density at radius 3 is 2.50 bits per heavy atom. The van der Waals surface area contributed by atoms with E-state index in [0.717, 1.165) is 17.7 Å². The Morgan fingerprint density at radius 1 is 1.15 bits per heavy atom. The molecule has 2 aromatic carbocycles. The number of rotatable bonds is 7. The summed E-state index contributed by atoms with van der Waals surface area (Å²) in [7, 11) is 0. The predicted octanol–water partition coefficient (Wildman–Crippen LogP) is 5.83. The molecule has 2 N–H and O–H groups in total. The number of benzene rings is 2. The van der Waals surface area contributed by atoms with Gasteiger partial charge < -0.3 is 15.4 Å². The molecule has 26 heavy (non-hydrogen) atoms. The van der Waals surface area contributed by atoms with Gasteiger partial charge in [-0.1, -0.05) is 42.8 Å². The second-order valence-electron chi connectivity index (χ2n) is 5.94. The highest BCUT2D eigenvalue weighted by molar-refractivity contribution is 6.33. The number of hydrogen-bond donors (Lipinski definition) is 2. The Bertz CT molecular complexity index is 750. The molecule has 1 unspecified atom stereocenters. The third-order valence-corrected chi connectivity index (χ3v) is 4.38. The molecule has 3 nitrogen and oxygen atoms in total. The van der Waals surface area contributed by atoms with Crippen molar-refractivity contribution in [3.05, 3.63) is 58.1 Å². The Labute approximate surface area is 156 Å². The lowest BCUT2D eigenvalue weighted by atomic mass is 10.0. The van der Waals surface area contributed by atoms with Gasteiger partial charge in [0.25, 0.3) is 0 Å². The van der Waals surface area contributed by atoms with Crippen molar-refractivity contribution < 1.29 is 17.9 Å². The van der Waals surface area contributed by atoms with Crippen LogP contribution in [0.4, 0.5) is 18.9 Å². The van der Waals surface area contributed by atoms with Crippen LogP contribution < -0.4 is 15.4 Å². The Morgan fingerprint density at radius 2 is 1.85 bits per heavy atom. The fourth-order valence-electron chi connectivity index (χ4n) is 2.70. The van der Waals surface area contributed by atoms with Gasteiger partial charge in [-0.15, -0.1) is 13.2 Å². The van der Waals surface area contributed by atoms with E-state index in [9.17, 15) is 13.2 Å². The van der Waals surface area contributed by atoms with E-state index in [0.29, 0.717) is 22.8 Å². The van der Waals surface area contributed by atoms with Gasteiger partial charge in [-0.2, -0.15) is 0 Å². The van der Waals surface area contributed by atoms with Crippen LogP contribution >= 0.6 is 11.6 Å². The van der Waals surface area contributed by atoms with Gasteiger partial charge in [-0.25, -0.2) is 0 Å². The number of anilines is 1. The molecule has 0 aliphatic heterocycles. The van der Waals surface area contributed by atoms with Gasteiger partial charge in [0.1, 0.15) is 5.75 Å². The highest BCUT2D eigenvalue weighted by atomic mass is 35.5. The minimum absolute atomic E-state index is 0.224. The van der Waals surface area contributed by atoms with Gasteiger partial charge in [0.15, 0.2) is 0 Å². The van der Waals surface area contributed by atoms with Crippen molar-refractivity contribution in [3.8, 4) is 5.75 Å². The second kappa shape index (κ2) is 8.64. The summed E-state index contributed by atoms with van der Waals surface area (Å²) in [5, 5.41) is 7.00. The standard InChI is InChI=1S/C19H22ClF3N2O/c1-4-24-11-14-9-10-16(20)18(12(14)2)25-13(3)15-7-5-6-8-17(15)26-19(21,22)23/h5-10,13,24-25H,4,11H2,1-3H3. The first-order valence-electron chi connectivity index (χ1n) is 8.32. The lowest BCUT2D eigenvalue weighted by Gasteiger charge is -2.22. The molecular formula is C19H22ClF3N2O. The number of para-hydroxylation sites is 1. The molecule has 1 atom stereocenters. The Kier molecular flexibility index (Phi) is 6.78. The van der Waals surface area contributed by atoms with Gasteiger partial charge in [-0.05, 0) is 43.7 Å². The van der Waals surface area contributed by atoms with E-state index in [1.165, 1.54) is 12.1 Å². The molecule has 0 heterocycles. The van der Waals surface area contributed by atoms with Gasteiger partial charge in [0.2, 0.25) is 0 Å². The van der Waals surface area contributed by atoms with Gasteiger partial charge in [0, 0.05) is 12.1 Å². The molecule has 7 heteroatoms. The Balaban J connectivity index is 2.29. The summed E-state index contributed by atoms with van der Waals surface area (Å²) >= 11 is 6.32. The van der Waals surface area contributed by atoms with Gasteiger partial charge in [-0.3, -0.25) is 0 Å². The van der Waals surface area contributed by atoms with Crippen LogP contribution in [-0.2, 0) is 6.54 Å². The van der Waals surface area contributed by atoms with Crippen molar-refractivity contribution in [2.75, 3.05) is 11.9 Å². The van der Waals surface area contributed by atoms with E-state index in [-0.39, 0.29) is 5.75 Å². The van der Waals surface area contributed by atoms with Crippen LogP contribution in [0.15, 0.2) is 36.4 Å². The topological polar surface area (TPSA) is 33.3 Å². The average molecular weight is 387 g/mol. The molecule has 0 amide bonds. The van der Waals surface area contributed by atoms with E-state index in [2.05, 4.69) is 15.4 Å². The molecule has 2 rings (SSSR count). The highest BCUT2D eigenvalue weighted by Gasteiger charge is 2.32. The molecule has 0 aliphatic carbocycles. The molecular weight excluding hydrogens is 365 g/mol. The number of alkyl halides is 3. The SMILES string of the molecule is CCNCc1ccc(Cl)c(NC(C)c2ccccc2OC(F)(F)F)c1C. The second-order valence-corrected chi connectivity index (χ2v) is 6.35. The van der Waals surface area contributed by atoms with E-state index in [1.54, 1.807) is 25.1 Å². The van der Waals surface area contributed by atoms with E-state index >= 15 is 0 Å². The minimum Gasteiger partial charge on any atom is -0.405 e. The van der Waals surface area contributed by atoms with Crippen LogP contribution in [0, 0.1) is 6.92 Å². The lowest BCUT2D eigenvalue weighted by molar-refractivity contribution is -0.274. The van der Waals surface area contributed by atoms with E-state index in [4.69, 9.17) is 11.6 Å². The van der Waals surface area contributed by atoms with Crippen molar-refractivity contribution in [3.63, 3.8) is 0 Å². The first-order valence-corrected chi connectivity index (χ1v) is 8.70. The summed E-state index contributed by atoms with van der Waals surface area (Å²) in [4.78, 5) is 0. The first-order chi connectivity index (χ1) is 12.2. The number of nitrogens with one attached hydrogen (secondary N) is 2. The zero-order valence-electron chi connectivity index (χ0n) is 14.9. The van der Waals surface area contributed by atoms with Crippen LogP contribution in [0.5, 0.6) is 5.75 Å². The van der Waals surface area contributed by atoms with E-state index in [1.807, 2.05) is 19.9 Å². The monoisotopic (exact) mass is 386 g/mol. The fourth-order valence-corrected chi connectivity index (χ4v) is 2.96. The summed E-state index contributed by atoms with van der Waals surface area (Å²) in [6, 6.07) is 9.38. The van der Waals surface area contributed by atoms with Gasteiger partial charge >= 0.3 is 6.36 Å². The average Bonchev–Trinajstić information content (AvgIpc) is 2.57. The van der Waals surface area contributed by atoms with Crippen molar-refractivity contribution in [2.45, 2.75) is 39.7 Å². The largest absolute Gasteiger partial charge is 0.573 e. The maximum absolute atomic E-state index is 12.6. The zero-order chi connectivity index (χ0) is 19.3. The number of ether oxygens (including phenoxy) is 1. The van der Waals surface area contributed by atoms with E-state index < -0.39 is 12.4 Å². The smallest absolute Gasteiger partial charge is 0.405 e. The summed E-state index contributed by atoms with van der Waals surface area (Å²) in [5.41, 5.74) is 3.14. The van der Waals surface area contributed by atoms with Gasteiger partial charge in [0.05, 0.1) is 16.8 Å². The van der Waals surface area contributed by atoms with Crippen molar-refractivity contribution in [1.29, 1.82) is 0 Å². The maximum atomic E-state index is 12.6. The summed E-state index contributed by atoms with van der Waals surface area (Å²) in [6.07, 6.45) is -4.74. The highest BCUT2D eigenvalue weighted by Crippen LogP contribution is 2.35. The molecule has 142 valence electrons. The summed E-state index contributed by atoms with van der Waals surface area (Å²) < 4.78 is 42.1. The summed E-state index contributed by atoms with van der Waals surface area (Å²) in [5.74, 6) is -0.224. The molecule has 0 fully saturated rings. The normalized spacial score (nSPS) is 12.7. The quantitative estimate of drug-likeness (QED) is 0.628. The number of halogens is 4. The van der Waals surface area contributed by atoms with Crippen LogP contribution in [0.2, 0.25) is 5.02 Å². The van der Waals surface area contributed by atoms with Crippen molar-refractivity contribution in [1.82, 2.24) is 5.32 Å². The third kappa shape index (κ3) is 5.29. The van der Waals surface area contributed by atoms with Crippen molar-refractivity contribution >= 4 is 17.3 Å². The molecule has 0 spiro atoms. The van der Waals surface area contributed by atoms with Crippen LogP contribution in [0.25, 0.3) is 0 Å². The zero-order valence-corrected chi connectivity index (χ0v) is 15.6. The number of hydrogen-bond acceptors (Lipinski definition) is 3. The molecule has 0 bridgehead atoms. The molecule has 0 aliphatic rings. The predicted molar refractivity (Wildman–Crippen MR) is 98.7 cm³/mol. The minimum atomic E-state index is -4.74. The molecule has 0 saturated heterocycles. The third-order valence-electron chi connectivity index (χ3n) is 4.06.